The van der Waals surface area contributed by atoms with Gasteiger partial charge in [0.1, 0.15) is 0 Å². The Morgan fingerprint density at radius 1 is 1.38 bits per heavy atom. The van der Waals surface area contributed by atoms with Crippen molar-refractivity contribution in [1.29, 1.82) is 5.26 Å². The van der Waals surface area contributed by atoms with Crippen LogP contribution in [-0.4, -0.2) is 18.0 Å². The van der Waals surface area contributed by atoms with Crippen molar-refractivity contribution in [2.24, 2.45) is 5.41 Å². The molecule has 0 aliphatic rings. The Balaban J connectivity index is 2.59. The van der Waals surface area contributed by atoms with E-state index in [1.165, 1.54) is 6.92 Å². The third-order valence-corrected chi connectivity index (χ3v) is 2.61. The van der Waals surface area contributed by atoms with Crippen molar-refractivity contribution in [3.63, 3.8) is 0 Å². The molecule has 1 aromatic rings. The third-order valence-electron chi connectivity index (χ3n) is 2.61. The first-order valence-corrected chi connectivity index (χ1v) is 6.72. The number of carbonyl (C=O) groups excluding carboxylic acids is 2. The molecule has 1 atom stereocenters. The summed E-state index contributed by atoms with van der Waals surface area (Å²) in [6, 6.07) is 8.53. The summed E-state index contributed by atoms with van der Waals surface area (Å²) in [5.41, 5.74) is 0.761. The van der Waals surface area contributed by atoms with Gasteiger partial charge in [0.15, 0.2) is 6.10 Å². The van der Waals surface area contributed by atoms with E-state index >= 15 is 0 Å². The molecule has 0 bridgehead atoms. The monoisotopic (exact) mass is 288 g/mol. The largest absolute Gasteiger partial charge is 0.453 e. The van der Waals surface area contributed by atoms with Crippen LogP contribution in [0.4, 0.5) is 5.69 Å². The fourth-order valence-electron chi connectivity index (χ4n) is 1.64. The summed E-state index contributed by atoms with van der Waals surface area (Å²) < 4.78 is 5.10. The highest BCUT2D eigenvalue weighted by Gasteiger charge is 2.22. The summed E-state index contributed by atoms with van der Waals surface area (Å²) in [6.07, 6.45) is -0.639. The average Bonchev–Trinajstić information content (AvgIpc) is 2.36. The van der Waals surface area contributed by atoms with Gasteiger partial charge in [0.25, 0.3) is 5.91 Å². The van der Waals surface area contributed by atoms with Crippen molar-refractivity contribution in [2.45, 2.75) is 40.2 Å². The van der Waals surface area contributed by atoms with E-state index in [9.17, 15) is 9.59 Å². The summed E-state index contributed by atoms with van der Waals surface area (Å²) in [6.45, 7) is 7.29. The van der Waals surface area contributed by atoms with Crippen LogP contribution < -0.4 is 5.32 Å². The standard InChI is InChI=1S/C16H20N2O3/c1-11(21-14(19)9-16(2,3)4)15(20)18-13-7-5-6-12(8-13)10-17/h5-8,11H,9H2,1-4H3,(H,18,20)/t11-/m1/s1. The fourth-order valence-corrected chi connectivity index (χ4v) is 1.64. The Kier molecular flexibility index (Phi) is 5.48. The van der Waals surface area contributed by atoms with Crippen LogP contribution in [0.5, 0.6) is 0 Å². The molecule has 0 saturated heterocycles. The highest BCUT2D eigenvalue weighted by molar-refractivity contribution is 5.95. The van der Waals surface area contributed by atoms with Gasteiger partial charge in [0.2, 0.25) is 0 Å². The maximum absolute atomic E-state index is 11.9. The second-order valence-corrected chi connectivity index (χ2v) is 6.05. The second kappa shape index (κ2) is 6.89. The van der Waals surface area contributed by atoms with Crippen LogP contribution in [-0.2, 0) is 14.3 Å². The molecule has 5 heteroatoms. The molecule has 1 amide bonds. The van der Waals surface area contributed by atoms with Crippen molar-refractivity contribution in [1.82, 2.24) is 0 Å². The smallest absolute Gasteiger partial charge is 0.307 e. The molecule has 1 aromatic carbocycles. The summed E-state index contributed by atoms with van der Waals surface area (Å²) >= 11 is 0. The van der Waals surface area contributed by atoms with Gasteiger partial charge >= 0.3 is 5.97 Å². The minimum absolute atomic E-state index is 0.186. The number of nitrogens with one attached hydrogen (secondary N) is 1. The molecule has 0 spiro atoms. The molecule has 21 heavy (non-hydrogen) atoms. The molecule has 0 radical (unpaired) electrons. The normalized spacial score (nSPS) is 12.1. The van der Waals surface area contributed by atoms with Gasteiger partial charge in [-0.3, -0.25) is 9.59 Å². The van der Waals surface area contributed by atoms with Crippen molar-refractivity contribution < 1.29 is 14.3 Å². The number of carbonyl (C=O) groups is 2. The topological polar surface area (TPSA) is 79.2 Å². The molecule has 0 aromatic heterocycles. The lowest BCUT2D eigenvalue weighted by Crippen LogP contribution is -2.31. The minimum atomic E-state index is -0.884. The number of ether oxygens (including phenoxy) is 1. The van der Waals surface area contributed by atoms with E-state index in [1.807, 2.05) is 26.8 Å². The van der Waals surface area contributed by atoms with Gasteiger partial charge in [-0.05, 0) is 30.5 Å². The van der Waals surface area contributed by atoms with Crippen LogP contribution in [0.3, 0.4) is 0 Å². The van der Waals surface area contributed by atoms with E-state index < -0.39 is 18.0 Å². The Labute approximate surface area is 124 Å². The van der Waals surface area contributed by atoms with Gasteiger partial charge < -0.3 is 10.1 Å². The number of esters is 1. The number of amides is 1. The summed E-state index contributed by atoms with van der Waals surface area (Å²) in [5.74, 6) is -0.830. The number of rotatable bonds is 4. The first-order chi connectivity index (χ1) is 9.71. The number of hydrogen-bond donors (Lipinski definition) is 1. The summed E-state index contributed by atoms with van der Waals surface area (Å²) in [7, 11) is 0. The van der Waals surface area contributed by atoms with E-state index in [1.54, 1.807) is 24.3 Å². The van der Waals surface area contributed by atoms with Gasteiger partial charge in [-0.1, -0.05) is 26.8 Å². The molecule has 0 fully saturated rings. The predicted octanol–water partition coefficient (Wildman–Crippen LogP) is 2.86. The number of nitrogens with zero attached hydrogens (tertiary/aromatic N) is 1. The first-order valence-electron chi connectivity index (χ1n) is 6.72. The van der Waals surface area contributed by atoms with Crippen LogP contribution in [0, 0.1) is 16.7 Å². The highest BCUT2D eigenvalue weighted by Crippen LogP contribution is 2.19. The summed E-state index contributed by atoms with van der Waals surface area (Å²) in [4.78, 5) is 23.6. The van der Waals surface area contributed by atoms with Crippen molar-refractivity contribution in [2.75, 3.05) is 5.32 Å². The van der Waals surface area contributed by atoms with Crippen molar-refractivity contribution >= 4 is 17.6 Å². The fraction of sp³-hybridized carbons (Fsp3) is 0.438. The lowest BCUT2D eigenvalue weighted by atomic mass is 9.92. The van der Waals surface area contributed by atoms with Crippen molar-refractivity contribution in [3.05, 3.63) is 29.8 Å². The van der Waals surface area contributed by atoms with Gasteiger partial charge in [-0.2, -0.15) is 5.26 Å². The number of anilines is 1. The molecule has 5 nitrogen and oxygen atoms in total. The SMILES string of the molecule is C[C@@H](OC(=O)CC(C)(C)C)C(=O)Nc1cccc(C#N)c1. The zero-order chi connectivity index (χ0) is 16.0. The molecule has 0 saturated carbocycles. The van der Waals surface area contributed by atoms with Crippen LogP contribution >= 0.6 is 0 Å². The molecule has 0 aliphatic carbocycles. The van der Waals surface area contributed by atoms with Crippen LogP contribution in [0.15, 0.2) is 24.3 Å². The Morgan fingerprint density at radius 2 is 2.05 bits per heavy atom. The van der Waals surface area contributed by atoms with E-state index in [-0.39, 0.29) is 11.8 Å². The van der Waals surface area contributed by atoms with E-state index in [0.29, 0.717) is 11.3 Å². The average molecular weight is 288 g/mol. The van der Waals surface area contributed by atoms with Gasteiger partial charge in [-0.25, -0.2) is 0 Å². The maximum atomic E-state index is 11.9. The van der Waals surface area contributed by atoms with E-state index in [2.05, 4.69) is 5.32 Å². The highest BCUT2D eigenvalue weighted by atomic mass is 16.5. The number of benzene rings is 1. The van der Waals surface area contributed by atoms with E-state index in [0.717, 1.165) is 0 Å². The minimum Gasteiger partial charge on any atom is -0.453 e. The van der Waals surface area contributed by atoms with Gasteiger partial charge in [0, 0.05) is 5.69 Å². The molecule has 1 rings (SSSR count). The first kappa shape index (κ1) is 16.7. The third kappa shape index (κ3) is 6.09. The Morgan fingerprint density at radius 3 is 2.62 bits per heavy atom. The maximum Gasteiger partial charge on any atom is 0.307 e. The molecular weight excluding hydrogens is 268 g/mol. The quantitative estimate of drug-likeness (QED) is 0.864. The lowest BCUT2D eigenvalue weighted by Gasteiger charge is -2.19. The lowest BCUT2D eigenvalue weighted by molar-refractivity contribution is -0.154. The second-order valence-electron chi connectivity index (χ2n) is 6.05. The van der Waals surface area contributed by atoms with Crippen LogP contribution in [0.2, 0.25) is 0 Å². The Bertz CT molecular complexity index is 568. The van der Waals surface area contributed by atoms with E-state index in [4.69, 9.17) is 10.00 Å². The predicted molar refractivity (Wildman–Crippen MR) is 79.4 cm³/mol. The van der Waals surface area contributed by atoms with Gasteiger partial charge in [0.05, 0.1) is 18.1 Å². The Hall–Kier alpha value is -2.35. The number of hydrogen-bond acceptors (Lipinski definition) is 4. The molecule has 0 aliphatic heterocycles. The molecule has 112 valence electrons. The zero-order valence-corrected chi connectivity index (χ0v) is 12.8. The van der Waals surface area contributed by atoms with Crippen molar-refractivity contribution in [3.8, 4) is 6.07 Å². The van der Waals surface area contributed by atoms with Crippen LogP contribution in [0.1, 0.15) is 39.7 Å². The number of nitriles is 1. The van der Waals surface area contributed by atoms with Crippen LogP contribution in [0.25, 0.3) is 0 Å². The molecule has 0 unspecified atom stereocenters. The zero-order valence-electron chi connectivity index (χ0n) is 12.8. The molecule has 1 N–H and O–H groups in total. The van der Waals surface area contributed by atoms with Gasteiger partial charge in [-0.15, -0.1) is 0 Å². The molecular formula is C16H20N2O3. The summed E-state index contributed by atoms with van der Waals surface area (Å²) in [5, 5.41) is 11.4. The molecule has 0 heterocycles.